The van der Waals surface area contributed by atoms with Crippen molar-refractivity contribution in [2.24, 2.45) is 0 Å². The van der Waals surface area contributed by atoms with Crippen molar-refractivity contribution >= 4 is 21.6 Å². The number of likely N-dealkylation sites (N-methyl/N-ethyl adjacent to an activating group) is 1. The molecule has 0 radical (unpaired) electrons. The number of nitrogens with zero attached hydrogens (tertiary/aromatic N) is 2. The topological polar surface area (TPSA) is 92.5 Å². The number of nitrogens with one attached hydrogen (secondary N) is 1. The van der Waals surface area contributed by atoms with Gasteiger partial charge in [0.1, 0.15) is 6.26 Å². The second kappa shape index (κ2) is 5.54. The summed E-state index contributed by atoms with van der Waals surface area (Å²) in [6.07, 6.45) is 3.46. The van der Waals surface area contributed by atoms with Crippen LogP contribution in [0.25, 0.3) is 0 Å². The Balaban J connectivity index is 1.73. The molecule has 3 rings (SSSR count). The highest BCUT2D eigenvalue weighted by molar-refractivity contribution is 7.89. The van der Waals surface area contributed by atoms with Gasteiger partial charge in [-0.1, -0.05) is 0 Å². The zero-order valence-corrected chi connectivity index (χ0v) is 12.8. The highest BCUT2D eigenvalue weighted by Gasteiger charge is 2.26. The van der Waals surface area contributed by atoms with Crippen LogP contribution in [0.1, 0.15) is 11.3 Å². The van der Waals surface area contributed by atoms with Crippen LogP contribution < -0.4 is 9.62 Å². The molecule has 0 aliphatic carbocycles. The maximum absolute atomic E-state index is 12.3. The Morgan fingerprint density at radius 3 is 2.95 bits per heavy atom. The molecule has 2 aromatic rings. The Morgan fingerprint density at radius 1 is 1.41 bits per heavy atom. The maximum atomic E-state index is 12.3. The Morgan fingerprint density at radius 2 is 2.23 bits per heavy atom. The van der Waals surface area contributed by atoms with Crippen LogP contribution in [0, 0.1) is 0 Å². The van der Waals surface area contributed by atoms with Crippen molar-refractivity contribution in [3.8, 4) is 0 Å². The lowest BCUT2D eigenvalue weighted by molar-refractivity contribution is -0.117. The number of aromatic nitrogens is 1. The summed E-state index contributed by atoms with van der Waals surface area (Å²) in [5, 5.41) is 0. The molecule has 1 N–H and O–H groups in total. The number of carbonyl (C=O) groups excluding carboxylic acids is 1. The lowest BCUT2D eigenvalue weighted by atomic mass is 10.2. The zero-order valence-electron chi connectivity index (χ0n) is 11.9. The van der Waals surface area contributed by atoms with Gasteiger partial charge in [0.2, 0.25) is 15.9 Å². The Labute approximate surface area is 128 Å². The third-order valence-corrected chi connectivity index (χ3v) is 5.05. The van der Waals surface area contributed by atoms with Gasteiger partial charge in [0.05, 0.1) is 17.0 Å². The fraction of sp³-hybridized carbons (Fsp3) is 0.286. The van der Waals surface area contributed by atoms with Crippen LogP contribution in [0.2, 0.25) is 0 Å². The summed E-state index contributed by atoms with van der Waals surface area (Å²) in [6, 6.07) is 4.72. The molecule has 1 aromatic heterocycles. The Bertz CT molecular complexity index is 800. The number of rotatable bonds is 5. The lowest BCUT2D eigenvalue weighted by Gasteiger charge is -2.11. The lowest BCUT2D eigenvalue weighted by Crippen LogP contribution is -2.26. The predicted molar refractivity (Wildman–Crippen MR) is 79.0 cm³/mol. The molecule has 22 heavy (non-hydrogen) atoms. The van der Waals surface area contributed by atoms with Crippen LogP contribution in [-0.2, 0) is 27.7 Å². The van der Waals surface area contributed by atoms with Crippen LogP contribution in [0.15, 0.2) is 40.2 Å². The number of benzene rings is 1. The normalized spacial score (nSPS) is 14.4. The number of sulfonamides is 1. The monoisotopic (exact) mass is 321 g/mol. The van der Waals surface area contributed by atoms with E-state index in [0.717, 1.165) is 11.3 Å². The molecule has 0 atom stereocenters. The van der Waals surface area contributed by atoms with E-state index in [2.05, 4.69) is 9.71 Å². The second-order valence-corrected chi connectivity index (χ2v) is 6.81. The SMILES string of the molecule is CN1C(=O)Cc2cc(S(=O)(=O)NCCc3cocn3)ccc21. The summed E-state index contributed by atoms with van der Waals surface area (Å²) < 4.78 is 31.9. The van der Waals surface area contributed by atoms with Gasteiger partial charge < -0.3 is 9.32 Å². The fourth-order valence-corrected chi connectivity index (χ4v) is 3.45. The standard InChI is InChI=1S/C14H15N3O4S/c1-17-13-3-2-12(6-10(13)7-14(17)18)22(19,20)16-5-4-11-8-21-9-15-11/h2-3,6,8-9,16H,4-5,7H2,1H3. The fourth-order valence-electron chi connectivity index (χ4n) is 2.37. The van der Waals surface area contributed by atoms with Crippen molar-refractivity contribution < 1.29 is 17.6 Å². The molecule has 116 valence electrons. The maximum Gasteiger partial charge on any atom is 0.240 e. The summed E-state index contributed by atoms with van der Waals surface area (Å²) in [6.45, 7) is 0.227. The van der Waals surface area contributed by atoms with E-state index >= 15 is 0 Å². The van der Waals surface area contributed by atoms with Gasteiger partial charge in [0.25, 0.3) is 0 Å². The molecule has 0 saturated carbocycles. The smallest absolute Gasteiger partial charge is 0.240 e. The molecule has 0 bridgehead atoms. The van der Waals surface area contributed by atoms with Gasteiger partial charge in [-0.15, -0.1) is 0 Å². The molecular formula is C14H15N3O4S. The van der Waals surface area contributed by atoms with Crippen LogP contribution in [0.3, 0.4) is 0 Å². The molecular weight excluding hydrogens is 306 g/mol. The van der Waals surface area contributed by atoms with Crippen molar-refractivity contribution in [1.82, 2.24) is 9.71 Å². The van der Waals surface area contributed by atoms with E-state index in [-0.39, 0.29) is 23.8 Å². The Kier molecular flexibility index (Phi) is 3.71. The number of hydrogen-bond acceptors (Lipinski definition) is 5. The van der Waals surface area contributed by atoms with Gasteiger partial charge in [-0.2, -0.15) is 0 Å². The molecule has 1 aliphatic rings. The van der Waals surface area contributed by atoms with E-state index in [9.17, 15) is 13.2 Å². The molecule has 1 amide bonds. The number of oxazole rings is 1. The molecule has 8 heteroatoms. The van der Waals surface area contributed by atoms with Gasteiger partial charge in [-0.05, 0) is 23.8 Å². The van der Waals surface area contributed by atoms with Crippen molar-refractivity contribution in [2.75, 3.05) is 18.5 Å². The molecule has 7 nitrogen and oxygen atoms in total. The summed E-state index contributed by atoms with van der Waals surface area (Å²) >= 11 is 0. The molecule has 0 saturated heterocycles. The van der Waals surface area contributed by atoms with E-state index in [1.807, 2.05) is 0 Å². The number of hydrogen-bond donors (Lipinski definition) is 1. The molecule has 0 fully saturated rings. The van der Waals surface area contributed by atoms with Crippen molar-refractivity contribution in [2.45, 2.75) is 17.7 Å². The minimum Gasteiger partial charge on any atom is -0.451 e. The number of amides is 1. The molecule has 1 aromatic carbocycles. The van der Waals surface area contributed by atoms with E-state index < -0.39 is 10.0 Å². The van der Waals surface area contributed by atoms with E-state index in [1.165, 1.54) is 23.6 Å². The average Bonchev–Trinajstić information content (AvgIpc) is 3.08. The van der Waals surface area contributed by atoms with Gasteiger partial charge >= 0.3 is 0 Å². The summed E-state index contributed by atoms with van der Waals surface area (Å²) in [5.74, 6) is -0.0384. The first-order valence-corrected chi connectivity index (χ1v) is 8.22. The highest BCUT2D eigenvalue weighted by atomic mass is 32.2. The summed E-state index contributed by atoms with van der Waals surface area (Å²) in [7, 11) is -1.93. The minimum atomic E-state index is -3.61. The molecule has 0 spiro atoms. The third-order valence-electron chi connectivity index (χ3n) is 3.60. The van der Waals surface area contributed by atoms with Crippen LogP contribution in [0.4, 0.5) is 5.69 Å². The number of anilines is 1. The zero-order chi connectivity index (χ0) is 15.7. The van der Waals surface area contributed by atoms with E-state index in [0.29, 0.717) is 12.1 Å². The third kappa shape index (κ3) is 2.75. The summed E-state index contributed by atoms with van der Waals surface area (Å²) in [4.78, 5) is 17.3. The van der Waals surface area contributed by atoms with Gasteiger partial charge in [0, 0.05) is 25.7 Å². The van der Waals surface area contributed by atoms with Crippen molar-refractivity contribution in [3.63, 3.8) is 0 Å². The quantitative estimate of drug-likeness (QED) is 0.876. The summed E-state index contributed by atoms with van der Waals surface area (Å²) in [5.41, 5.74) is 2.17. The van der Waals surface area contributed by atoms with Crippen LogP contribution >= 0.6 is 0 Å². The molecule has 0 unspecified atom stereocenters. The van der Waals surface area contributed by atoms with Crippen molar-refractivity contribution in [1.29, 1.82) is 0 Å². The largest absolute Gasteiger partial charge is 0.451 e. The second-order valence-electron chi connectivity index (χ2n) is 5.05. The van der Waals surface area contributed by atoms with Crippen LogP contribution in [-0.4, -0.2) is 32.9 Å². The Hall–Kier alpha value is -2.19. The van der Waals surface area contributed by atoms with E-state index in [4.69, 9.17) is 4.42 Å². The number of carbonyl (C=O) groups is 1. The first-order valence-electron chi connectivity index (χ1n) is 6.73. The number of fused-ring (bicyclic) bond motifs is 1. The predicted octanol–water partition coefficient (Wildman–Crippen LogP) is 0.714. The van der Waals surface area contributed by atoms with E-state index in [1.54, 1.807) is 19.2 Å². The van der Waals surface area contributed by atoms with Gasteiger partial charge in [-0.3, -0.25) is 4.79 Å². The molecule has 1 aliphatic heterocycles. The highest BCUT2D eigenvalue weighted by Crippen LogP contribution is 2.29. The minimum absolute atomic E-state index is 0.0384. The first-order chi connectivity index (χ1) is 10.5. The van der Waals surface area contributed by atoms with Crippen molar-refractivity contribution in [3.05, 3.63) is 42.1 Å². The first kappa shape index (κ1) is 14.7. The van der Waals surface area contributed by atoms with Gasteiger partial charge in [-0.25, -0.2) is 18.1 Å². The molecule has 2 heterocycles. The van der Waals surface area contributed by atoms with Gasteiger partial charge in [0.15, 0.2) is 6.39 Å². The average molecular weight is 321 g/mol. The van der Waals surface area contributed by atoms with Crippen LogP contribution in [0.5, 0.6) is 0 Å².